The van der Waals surface area contributed by atoms with Crippen LogP contribution in [0.15, 0.2) is 10.5 Å². The maximum atomic E-state index is 13.3. The molecule has 68 valence electrons. The molecule has 2 nitrogen and oxygen atoms in total. The first-order chi connectivity index (χ1) is 6.11. The lowest BCUT2D eigenvalue weighted by atomic mass is 10.1. The molecule has 0 saturated heterocycles. The lowest BCUT2D eigenvalue weighted by Gasteiger charge is -2.00. The maximum Gasteiger partial charge on any atom is 0.151 e. The van der Waals surface area contributed by atoms with Gasteiger partial charge < -0.3 is 0 Å². The molecule has 0 aliphatic heterocycles. The monoisotopic (exact) mass is 242 g/mol. The van der Waals surface area contributed by atoms with Crippen LogP contribution in [-0.2, 0) is 0 Å². The molecule has 0 radical (unpaired) electrons. The van der Waals surface area contributed by atoms with Gasteiger partial charge in [-0.15, -0.1) is 0 Å². The van der Waals surface area contributed by atoms with Crippen molar-refractivity contribution in [1.82, 2.24) is 10.2 Å². The molecule has 0 amide bonds. The SMILES string of the molecule is Cc1cc(F)c2n[nH]c(C)c2c1Br. The average molecular weight is 243 g/mol. The summed E-state index contributed by atoms with van der Waals surface area (Å²) >= 11 is 3.42. The molecule has 0 aliphatic rings. The van der Waals surface area contributed by atoms with Gasteiger partial charge >= 0.3 is 0 Å². The first-order valence-corrected chi connectivity index (χ1v) is 4.70. The number of aromatic nitrogens is 2. The molecule has 0 bridgehead atoms. The van der Waals surface area contributed by atoms with Gasteiger partial charge in [0.2, 0.25) is 0 Å². The topological polar surface area (TPSA) is 28.7 Å². The molecular formula is C9H8BrFN2. The van der Waals surface area contributed by atoms with Gasteiger partial charge in [0.05, 0.1) is 0 Å². The Morgan fingerprint density at radius 3 is 2.85 bits per heavy atom. The van der Waals surface area contributed by atoms with Crippen LogP contribution in [-0.4, -0.2) is 10.2 Å². The fraction of sp³-hybridized carbons (Fsp3) is 0.222. The lowest BCUT2D eigenvalue weighted by molar-refractivity contribution is 0.635. The van der Waals surface area contributed by atoms with Gasteiger partial charge in [-0.05, 0) is 41.4 Å². The Morgan fingerprint density at radius 2 is 2.15 bits per heavy atom. The highest BCUT2D eigenvalue weighted by Gasteiger charge is 2.12. The largest absolute Gasteiger partial charge is 0.281 e. The van der Waals surface area contributed by atoms with E-state index in [1.807, 2.05) is 13.8 Å². The highest BCUT2D eigenvalue weighted by Crippen LogP contribution is 2.30. The molecule has 0 fully saturated rings. The summed E-state index contributed by atoms with van der Waals surface area (Å²) in [5.74, 6) is -0.278. The number of aryl methyl sites for hydroxylation is 2. The number of rotatable bonds is 0. The molecule has 2 aromatic rings. The Kier molecular flexibility index (Phi) is 1.87. The summed E-state index contributed by atoms with van der Waals surface area (Å²) in [5.41, 5.74) is 2.16. The highest BCUT2D eigenvalue weighted by atomic mass is 79.9. The van der Waals surface area contributed by atoms with E-state index in [1.54, 1.807) is 0 Å². The van der Waals surface area contributed by atoms with Crippen molar-refractivity contribution >= 4 is 26.8 Å². The first-order valence-electron chi connectivity index (χ1n) is 3.90. The number of benzene rings is 1. The van der Waals surface area contributed by atoms with Crippen LogP contribution in [0.2, 0.25) is 0 Å². The minimum absolute atomic E-state index is 0.278. The van der Waals surface area contributed by atoms with Crippen molar-refractivity contribution in [2.45, 2.75) is 13.8 Å². The number of nitrogens with one attached hydrogen (secondary N) is 1. The van der Waals surface area contributed by atoms with Crippen molar-refractivity contribution < 1.29 is 4.39 Å². The third-order valence-electron chi connectivity index (χ3n) is 2.08. The number of halogens is 2. The summed E-state index contributed by atoms with van der Waals surface area (Å²) in [6.45, 7) is 3.73. The van der Waals surface area contributed by atoms with E-state index in [0.29, 0.717) is 5.52 Å². The van der Waals surface area contributed by atoms with Crippen molar-refractivity contribution in [3.63, 3.8) is 0 Å². The molecule has 0 aliphatic carbocycles. The number of aromatic amines is 1. The van der Waals surface area contributed by atoms with Crippen molar-refractivity contribution in [3.8, 4) is 0 Å². The van der Waals surface area contributed by atoms with E-state index in [2.05, 4.69) is 26.1 Å². The van der Waals surface area contributed by atoms with Crippen molar-refractivity contribution in [2.24, 2.45) is 0 Å². The van der Waals surface area contributed by atoms with Gasteiger partial charge in [0.1, 0.15) is 5.52 Å². The molecule has 0 saturated carbocycles. The third-order valence-corrected chi connectivity index (χ3v) is 3.10. The Hall–Kier alpha value is -0.900. The normalized spacial score (nSPS) is 11.1. The Morgan fingerprint density at radius 1 is 1.46 bits per heavy atom. The Balaban J connectivity index is 3.00. The van der Waals surface area contributed by atoms with Crippen LogP contribution in [0, 0.1) is 19.7 Å². The molecule has 2 rings (SSSR count). The minimum atomic E-state index is -0.278. The van der Waals surface area contributed by atoms with Gasteiger partial charge in [0.25, 0.3) is 0 Å². The van der Waals surface area contributed by atoms with Crippen molar-refractivity contribution in [2.75, 3.05) is 0 Å². The predicted octanol–water partition coefficient (Wildman–Crippen LogP) is 3.08. The van der Waals surface area contributed by atoms with Crippen molar-refractivity contribution in [3.05, 3.63) is 27.6 Å². The fourth-order valence-corrected chi connectivity index (χ4v) is 1.99. The van der Waals surface area contributed by atoms with Crippen LogP contribution in [0.3, 0.4) is 0 Å². The fourth-order valence-electron chi connectivity index (χ4n) is 1.39. The number of fused-ring (bicyclic) bond motifs is 1. The number of H-pyrrole nitrogens is 1. The summed E-state index contributed by atoms with van der Waals surface area (Å²) in [4.78, 5) is 0. The summed E-state index contributed by atoms with van der Waals surface area (Å²) in [6.07, 6.45) is 0. The molecule has 4 heteroatoms. The number of hydrogen-bond donors (Lipinski definition) is 1. The molecular weight excluding hydrogens is 235 g/mol. The molecule has 0 spiro atoms. The third kappa shape index (κ3) is 1.16. The summed E-state index contributed by atoms with van der Waals surface area (Å²) in [7, 11) is 0. The van der Waals surface area contributed by atoms with Crippen LogP contribution in [0.4, 0.5) is 4.39 Å². The predicted molar refractivity (Wildman–Crippen MR) is 53.2 cm³/mol. The van der Waals surface area contributed by atoms with Crippen molar-refractivity contribution in [1.29, 1.82) is 0 Å². The molecule has 0 unspecified atom stereocenters. The second-order valence-corrected chi connectivity index (χ2v) is 3.85. The summed E-state index contributed by atoms with van der Waals surface area (Å²) in [5, 5.41) is 7.49. The maximum absolute atomic E-state index is 13.3. The van der Waals surface area contributed by atoms with E-state index in [1.165, 1.54) is 6.07 Å². The zero-order valence-corrected chi connectivity index (χ0v) is 8.87. The van der Waals surface area contributed by atoms with E-state index in [4.69, 9.17) is 0 Å². The molecule has 1 aromatic heterocycles. The van der Waals surface area contributed by atoms with E-state index in [9.17, 15) is 4.39 Å². The lowest BCUT2D eigenvalue weighted by Crippen LogP contribution is -1.84. The van der Waals surface area contributed by atoms with Crippen LogP contribution in [0.5, 0.6) is 0 Å². The Labute approximate surface area is 83.3 Å². The zero-order valence-electron chi connectivity index (χ0n) is 7.28. The van der Waals surface area contributed by atoms with E-state index >= 15 is 0 Å². The second kappa shape index (κ2) is 2.80. The van der Waals surface area contributed by atoms with Crippen LogP contribution in [0.1, 0.15) is 11.3 Å². The van der Waals surface area contributed by atoms with Gasteiger partial charge in [-0.25, -0.2) is 4.39 Å². The first kappa shape index (κ1) is 8.69. The number of hydrogen-bond acceptors (Lipinski definition) is 1. The standard InChI is InChI=1S/C9H8BrFN2/c1-4-3-6(11)9-7(8(4)10)5(2)12-13-9/h3H,1-2H3,(H,12,13). The number of nitrogens with zero attached hydrogens (tertiary/aromatic N) is 1. The van der Waals surface area contributed by atoms with Gasteiger partial charge in [-0.3, -0.25) is 5.10 Å². The summed E-state index contributed by atoms with van der Waals surface area (Å²) < 4.78 is 14.2. The smallest absolute Gasteiger partial charge is 0.151 e. The highest BCUT2D eigenvalue weighted by molar-refractivity contribution is 9.10. The van der Waals surface area contributed by atoms with E-state index in [-0.39, 0.29) is 5.82 Å². The van der Waals surface area contributed by atoms with E-state index < -0.39 is 0 Å². The van der Waals surface area contributed by atoms with Crippen LogP contribution >= 0.6 is 15.9 Å². The van der Waals surface area contributed by atoms with Crippen LogP contribution < -0.4 is 0 Å². The molecule has 1 N–H and O–H groups in total. The second-order valence-electron chi connectivity index (χ2n) is 3.06. The quantitative estimate of drug-likeness (QED) is 0.756. The van der Waals surface area contributed by atoms with E-state index in [0.717, 1.165) is 21.1 Å². The molecule has 1 heterocycles. The minimum Gasteiger partial charge on any atom is -0.281 e. The summed E-state index contributed by atoms with van der Waals surface area (Å²) in [6, 6.07) is 1.48. The van der Waals surface area contributed by atoms with Crippen LogP contribution in [0.25, 0.3) is 10.9 Å². The van der Waals surface area contributed by atoms with Gasteiger partial charge in [0.15, 0.2) is 5.82 Å². The molecule has 1 aromatic carbocycles. The van der Waals surface area contributed by atoms with Gasteiger partial charge in [0, 0.05) is 15.6 Å². The molecule has 13 heavy (non-hydrogen) atoms. The average Bonchev–Trinajstić information content (AvgIpc) is 2.44. The Bertz CT molecular complexity index is 476. The molecule has 0 atom stereocenters. The zero-order chi connectivity index (χ0) is 9.59. The van der Waals surface area contributed by atoms with Gasteiger partial charge in [-0.1, -0.05) is 0 Å². The van der Waals surface area contributed by atoms with Gasteiger partial charge in [-0.2, -0.15) is 5.10 Å².